The monoisotopic (exact) mass is 339 g/mol. The molecule has 0 aromatic carbocycles. The van der Waals surface area contributed by atoms with Gasteiger partial charge in [0.05, 0.1) is 5.02 Å². The van der Waals surface area contributed by atoms with Gasteiger partial charge in [-0.15, -0.1) is 0 Å². The van der Waals surface area contributed by atoms with Gasteiger partial charge in [-0.2, -0.15) is 0 Å². The number of aromatic nitrogens is 1. The van der Waals surface area contributed by atoms with Crippen molar-refractivity contribution in [2.45, 2.75) is 51.0 Å². The molecular weight excluding hydrogens is 317 g/mol. The molecule has 2 aliphatic rings. The molecule has 23 heavy (non-hydrogen) atoms. The minimum atomic E-state index is -0.380. The maximum Gasteiger partial charge on any atom is 0.220 e. The zero-order chi connectivity index (χ0) is 16.2. The lowest BCUT2D eigenvalue weighted by atomic mass is 9.93. The highest BCUT2D eigenvalue weighted by Gasteiger charge is 2.25. The first-order chi connectivity index (χ1) is 11.1. The van der Waals surface area contributed by atoms with Crippen LogP contribution >= 0.6 is 11.6 Å². The van der Waals surface area contributed by atoms with Crippen LogP contribution in [0.4, 0.5) is 10.2 Å². The summed E-state index contributed by atoms with van der Waals surface area (Å²) in [6.45, 7) is 1.46. The number of halogens is 2. The molecule has 1 amide bonds. The third-order valence-corrected chi connectivity index (χ3v) is 5.10. The number of nitrogens with one attached hydrogen (secondary N) is 1. The second-order valence-electron chi connectivity index (χ2n) is 6.64. The Labute approximate surface area is 141 Å². The van der Waals surface area contributed by atoms with Crippen molar-refractivity contribution in [3.8, 4) is 0 Å². The molecule has 2 heterocycles. The van der Waals surface area contributed by atoms with E-state index >= 15 is 0 Å². The van der Waals surface area contributed by atoms with Gasteiger partial charge in [0.15, 0.2) is 11.6 Å². The summed E-state index contributed by atoms with van der Waals surface area (Å²) in [5.74, 6) is 0.535. The molecule has 1 aliphatic carbocycles. The fourth-order valence-electron chi connectivity index (χ4n) is 3.61. The number of nitrogens with zero attached hydrogens (tertiary/aromatic N) is 2. The minimum absolute atomic E-state index is 0.172. The Morgan fingerprint density at radius 1 is 1.30 bits per heavy atom. The predicted octanol–water partition coefficient (Wildman–Crippen LogP) is 3.54. The second kappa shape index (κ2) is 7.47. The Morgan fingerprint density at radius 3 is 2.65 bits per heavy atom. The highest BCUT2D eigenvalue weighted by Crippen LogP contribution is 2.27. The number of hydrogen-bond acceptors (Lipinski definition) is 3. The fraction of sp³-hybridized carbons (Fsp3) is 0.647. The van der Waals surface area contributed by atoms with Gasteiger partial charge in [0.1, 0.15) is 0 Å². The van der Waals surface area contributed by atoms with E-state index < -0.39 is 0 Å². The van der Waals surface area contributed by atoms with E-state index in [2.05, 4.69) is 10.3 Å². The number of anilines is 1. The lowest BCUT2D eigenvalue weighted by Gasteiger charge is -2.32. The standard InChI is InChI=1S/C17H23ClFN3O/c18-13-10-15(19)17(20-11-13)22-7-5-12(6-8-22)9-16(23)21-14-3-1-2-4-14/h10-12,14H,1-9H2,(H,21,23). The molecule has 0 atom stereocenters. The van der Waals surface area contributed by atoms with Crippen LogP contribution in [0, 0.1) is 11.7 Å². The summed E-state index contributed by atoms with van der Waals surface area (Å²) >= 11 is 5.74. The zero-order valence-electron chi connectivity index (χ0n) is 13.2. The summed E-state index contributed by atoms with van der Waals surface area (Å²) in [5.41, 5.74) is 0. The zero-order valence-corrected chi connectivity index (χ0v) is 14.0. The number of pyridine rings is 1. The van der Waals surface area contributed by atoms with Crippen LogP contribution in [0.25, 0.3) is 0 Å². The number of carbonyl (C=O) groups is 1. The van der Waals surface area contributed by atoms with Crippen molar-refractivity contribution in [1.82, 2.24) is 10.3 Å². The van der Waals surface area contributed by atoms with E-state index in [-0.39, 0.29) is 11.7 Å². The Bertz CT molecular complexity index is 555. The maximum atomic E-state index is 13.9. The van der Waals surface area contributed by atoms with E-state index in [0.29, 0.717) is 29.2 Å². The molecular formula is C17H23ClFN3O. The van der Waals surface area contributed by atoms with Gasteiger partial charge < -0.3 is 10.2 Å². The Morgan fingerprint density at radius 2 is 2.00 bits per heavy atom. The van der Waals surface area contributed by atoms with Crippen molar-refractivity contribution in [2.75, 3.05) is 18.0 Å². The third-order valence-electron chi connectivity index (χ3n) is 4.90. The molecule has 0 spiro atoms. The van der Waals surface area contributed by atoms with Crippen LogP contribution in [0.1, 0.15) is 44.9 Å². The van der Waals surface area contributed by atoms with Gasteiger partial charge >= 0.3 is 0 Å². The lowest BCUT2D eigenvalue weighted by molar-refractivity contribution is -0.122. The third kappa shape index (κ3) is 4.34. The van der Waals surface area contributed by atoms with Crippen LogP contribution in [0.5, 0.6) is 0 Å². The quantitative estimate of drug-likeness (QED) is 0.912. The average molecular weight is 340 g/mol. The largest absolute Gasteiger partial charge is 0.354 e. The van der Waals surface area contributed by atoms with Gasteiger partial charge in [-0.25, -0.2) is 9.37 Å². The van der Waals surface area contributed by atoms with Gasteiger partial charge in [0.2, 0.25) is 5.91 Å². The first-order valence-electron chi connectivity index (χ1n) is 8.47. The summed E-state index contributed by atoms with van der Waals surface area (Å²) in [6.07, 6.45) is 8.52. The fourth-order valence-corrected chi connectivity index (χ4v) is 3.75. The smallest absolute Gasteiger partial charge is 0.220 e. The van der Waals surface area contributed by atoms with Crippen molar-refractivity contribution >= 4 is 23.3 Å². The molecule has 0 bridgehead atoms. The molecule has 0 unspecified atom stereocenters. The summed E-state index contributed by atoms with van der Waals surface area (Å²) in [7, 11) is 0. The van der Waals surface area contributed by atoms with Gasteiger partial charge in [-0.1, -0.05) is 24.4 Å². The molecule has 1 N–H and O–H groups in total. The van der Waals surface area contributed by atoms with Crippen LogP contribution in [0.3, 0.4) is 0 Å². The molecule has 6 heteroatoms. The maximum absolute atomic E-state index is 13.9. The van der Waals surface area contributed by atoms with Crippen LogP contribution in [-0.2, 0) is 4.79 Å². The summed E-state index contributed by atoms with van der Waals surface area (Å²) in [4.78, 5) is 18.1. The molecule has 4 nitrogen and oxygen atoms in total. The van der Waals surface area contributed by atoms with Gasteiger partial charge in [-0.3, -0.25) is 4.79 Å². The van der Waals surface area contributed by atoms with E-state index in [9.17, 15) is 9.18 Å². The molecule has 2 fully saturated rings. The molecule has 1 aliphatic heterocycles. The highest BCUT2D eigenvalue weighted by molar-refractivity contribution is 6.30. The summed E-state index contributed by atoms with van der Waals surface area (Å²) < 4.78 is 13.9. The molecule has 1 aromatic heterocycles. The topological polar surface area (TPSA) is 45.2 Å². The van der Waals surface area contributed by atoms with Crippen LogP contribution in [0.2, 0.25) is 5.02 Å². The lowest BCUT2D eigenvalue weighted by Crippen LogP contribution is -2.38. The minimum Gasteiger partial charge on any atom is -0.354 e. The average Bonchev–Trinajstić information content (AvgIpc) is 3.01. The van der Waals surface area contributed by atoms with Crippen molar-refractivity contribution in [3.05, 3.63) is 23.1 Å². The van der Waals surface area contributed by atoms with Gasteiger partial charge in [0.25, 0.3) is 0 Å². The Hall–Kier alpha value is -1.36. The molecule has 1 aromatic rings. The van der Waals surface area contributed by atoms with Gasteiger partial charge in [-0.05, 0) is 37.7 Å². The van der Waals surface area contributed by atoms with Crippen molar-refractivity contribution < 1.29 is 9.18 Å². The first kappa shape index (κ1) is 16.5. The predicted molar refractivity (Wildman–Crippen MR) is 89.2 cm³/mol. The number of carbonyl (C=O) groups excluding carboxylic acids is 1. The van der Waals surface area contributed by atoms with E-state index in [0.717, 1.165) is 38.8 Å². The van der Waals surface area contributed by atoms with Crippen LogP contribution < -0.4 is 10.2 Å². The van der Waals surface area contributed by atoms with Crippen molar-refractivity contribution in [3.63, 3.8) is 0 Å². The Balaban J connectivity index is 1.47. The van der Waals surface area contributed by atoms with E-state index in [1.807, 2.05) is 4.90 Å². The molecule has 3 rings (SSSR count). The van der Waals surface area contributed by atoms with Crippen molar-refractivity contribution in [2.24, 2.45) is 5.92 Å². The summed E-state index contributed by atoms with van der Waals surface area (Å²) in [5, 5.41) is 3.45. The number of hydrogen-bond donors (Lipinski definition) is 1. The van der Waals surface area contributed by atoms with Gasteiger partial charge in [0, 0.05) is 31.7 Å². The number of rotatable bonds is 4. The highest BCUT2D eigenvalue weighted by atomic mass is 35.5. The second-order valence-corrected chi connectivity index (χ2v) is 7.08. The van der Waals surface area contributed by atoms with E-state index in [4.69, 9.17) is 11.6 Å². The number of amides is 1. The molecule has 1 saturated carbocycles. The molecule has 126 valence electrons. The molecule has 1 saturated heterocycles. The van der Waals surface area contributed by atoms with Crippen molar-refractivity contribution in [1.29, 1.82) is 0 Å². The van der Waals surface area contributed by atoms with Crippen LogP contribution in [0.15, 0.2) is 12.3 Å². The normalized spacial score (nSPS) is 20.0. The summed E-state index contributed by atoms with van der Waals surface area (Å²) in [6, 6.07) is 1.68. The first-order valence-corrected chi connectivity index (χ1v) is 8.85. The SMILES string of the molecule is O=C(CC1CCN(c2ncc(Cl)cc2F)CC1)NC1CCCC1. The van der Waals surface area contributed by atoms with E-state index in [1.165, 1.54) is 25.1 Å². The van der Waals surface area contributed by atoms with Crippen LogP contribution in [-0.4, -0.2) is 30.0 Å². The molecule has 0 radical (unpaired) electrons. The van der Waals surface area contributed by atoms with E-state index in [1.54, 1.807) is 0 Å². The number of piperidine rings is 1. The Kier molecular flexibility index (Phi) is 5.36.